The Morgan fingerprint density at radius 2 is 1.50 bits per heavy atom. The Hall–Kier alpha value is -2.03. The van der Waals surface area contributed by atoms with E-state index >= 15 is 0 Å². The molecule has 0 aliphatic heterocycles. The van der Waals surface area contributed by atoms with Gasteiger partial charge in [0.2, 0.25) is 0 Å². The molecule has 3 N–H and O–H groups in total. The number of Topliss-reactive ketones (excluding diaryl/α,β-unsaturated/α-hetero) is 1. The molecule has 0 saturated heterocycles. The second-order valence-corrected chi connectivity index (χ2v) is 14.8. The molecule has 8 heteroatoms. The highest BCUT2D eigenvalue weighted by Crippen LogP contribution is 2.76. The van der Waals surface area contributed by atoms with Gasteiger partial charge in [0, 0.05) is 37.5 Å². The maximum atomic E-state index is 13.4. The number of aliphatic hydroxyl groups excluding tert-OH is 1. The van der Waals surface area contributed by atoms with Crippen molar-refractivity contribution >= 4 is 17.7 Å². The van der Waals surface area contributed by atoms with Crippen molar-refractivity contribution in [2.45, 2.75) is 142 Å². The van der Waals surface area contributed by atoms with E-state index < -0.39 is 63.8 Å². The van der Waals surface area contributed by atoms with Gasteiger partial charge in [-0.2, -0.15) is 0 Å². The summed E-state index contributed by atoms with van der Waals surface area (Å²) < 4.78 is 12.2. The zero-order valence-corrected chi connectivity index (χ0v) is 27.8. The van der Waals surface area contributed by atoms with Gasteiger partial charge in [-0.1, -0.05) is 104 Å². The lowest BCUT2D eigenvalue weighted by atomic mass is 9.58. The summed E-state index contributed by atoms with van der Waals surface area (Å²) in [6, 6.07) is 0. The number of rotatable bonds is 15. The largest absolute Gasteiger partial charge is 0.422 e. The third-order valence-electron chi connectivity index (χ3n) is 11.4. The molecule has 0 aromatic rings. The molecule has 4 rings (SSSR count). The Morgan fingerprint density at radius 1 is 0.932 bits per heavy atom. The van der Waals surface area contributed by atoms with Crippen molar-refractivity contribution in [2.75, 3.05) is 6.61 Å². The van der Waals surface area contributed by atoms with Gasteiger partial charge in [0.05, 0.1) is 18.1 Å². The first kappa shape index (κ1) is 34.8. The van der Waals surface area contributed by atoms with Crippen LogP contribution in [0.3, 0.4) is 0 Å². The van der Waals surface area contributed by atoms with Gasteiger partial charge in [-0.3, -0.25) is 14.4 Å². The molecule has 2 saturated carbocycles. The van der Waals surface area contributed by atoms with Crippen LogP contribution in [0.1, 0.15) is 125 Å². The summed E-state index contributed by atoms with van der Waals surface area (Å²) in [5, 5.41) is 34.9. The standard InChI is InChI=1S/C36H56O8/c1-7-8-9-10-11-12-13-14-15-16-17-18-29(39)44-36(43-25(4)38)24(3)35(42)27(30-31(36)33(30,5)6)20-26(22-37)21-34(41)28(35)19-23(2)32(34)40/h19-20,24,27-28,30-31,37,41-42H,7-18,21-22H2,1-6H3. The molecule has 8 unspecified atom stereocenters. The summed E-state index contributed by atoms with van der Waals surface area (Å²) in [7, 11) is 0. The third kappa shape index (κ3) is 6.07. The molecule has 0 aromatic carbocycles. The van der Waals surface area contributed by atoms with Crippen molar-refractivity contribution in [1.29, 1.82) is 0 Å². The number of carbonyl (C=O) groups excluding carboxylic acids is 3. The minimum absolute atomic E-state index is 0.108. The predicted molar refractivity (Wildman–Crippen MR) is 167 cm³/mol. The normalized spacial score (nSPS) is 36.8. The zero-order chi connectivity index (χ0) is 32.5. The number of hydrogen-bond acceptors (Lipinski definition) is 8. The first-order valence-corrected chi connectivity index (χ1v) is 17.1. The fourth-order valence-corrected chi connectivity index (χ4v) is 9.13. The van der Waals surface area contributed by atoms with Crippen molar-refractivity contribution in [1.82, 2.24) is 0 Å². The maximum absolute atomic E-state index is 13.4. The van der Waals surface area contributed by atoms with Crippen LogP contribution >= 0.6 is 0 Å². The maximum Gasteiger partial charge on any atom is 0.309 e. The number of hydrogen-bond donors (Lipinski definition) is 3. The van der Waals surface area contributed by atoms with E-state index in [9.17, 15) is 29.7 Å². The average molecular weight is 617 g/mol. The molecule has 0 radical (unpaired) electrons. The Labute approximate surface area is 263 Å². The van der Waals surface area contributed by atoms with E-state index in [1.807, 2.05) is 13.8 Å². The topological polar surface area (TPSA) is 130 Å². The lowest BCUT2D eigenvalue weighted by molar-refractivity contribution is -0.307. The minimum Gasteiger partial charge on any atom is -0.422 e. The number of carbonyl (C=O) groups is 3. The second-order valence-electron chi connectivity index (χ2n) is 14.8. The molecule has 4 aliphatic carbocycles. The molecule has 0 spiro atoms. The Bertz CT molecular complexity index is 1150. The first-order valence-electron chi connectivity index (χ1n) is 17.1. The summed E-state index contributed by atoms with van der Waals surface area (Å²) in [4.78, 5) is 39.4. The highest BCUT2D eigenvalue weighted by atomic mass is 16.7. The van der Waals surface area contributed by atoms with Crippen LogP contribution in [0.25, 0.3) is 0 Å². The number of aliphatic hydroxyl groups is 3. The van der Waals surface area contributed by atoms with Gasteiger partial charge in [0.25, 0.3) is 5.79 Å². The van der Waals surface area contributed by atoms with Crippen LogP contribution in [0.15, 0.2) is 23.3 Å². The molecule has 8 atom stereocenters. The highest BCUT2D eigenvalue weighted by molar-refractivity contribution is 6.04. The fourth-order valence-electron chi connectivity index (χ4n) is 9.13. The lowest BCUT2D eigenvalue weighted by Gasteiger charge is -2.54. The highest BCUT2D eigenvalue weighted by Gasteiger charge is 2.83. The summed E-state index contributed by atoms with van der Waals surface area (Å²) >= 11 is 0. The van der Waals surface area contributed by atoms with E-state index in [1.165, 1.54) is 51.9 Å². The quantitative estimate of drug-likeness (QED) is 0.0890. The predicted octanol–water partition coefficient (Wildman–Crippen LogP) is 5.96. The van der Waals surface area contributed by atoms with E-state index in [2.05, 4.69) is 6.92 Å². The van der Waals surface area contributed by atoms with E-state index in [1.54, 1.807) is 26.0 Å². The van der Waals surface area contributed by atoms with Crippen molar-refractivity contribution in [3.63, 3.8) is 0 Å². The zero-order valence-electron chi connectivity index (χ0n) is 27.8. The van der Waals surface area contributed by atoms with Gasteiger partial charge < -0.3 is 24.8 Å². The molecular weight excluding hydrogens is 560 g/mol. The molecule has 0 bridgehead atoms. The minimum atomic E-state index is -1.97. The van der Waals surface area contributed by atoms with E-state index in [0.29, 0.717) is 17.6 Å². The Kier molecular flexibility index (Phi) is 10.6. The molecule has 0 heterocycles. The first-order chi connectivity index (χ1) is 20.7. The average Bonchev–Trinajstić information content (AvgIpc) is 3.49. The molecule has 44 heavy (non-hydrogen) atoms. The fraction of sp³-hybridized carbons (Fsp3) is 0.806. The van der Waals surface area contributed by atoms with Crippen molar-refractivity contribution in [3.8, 4) is 0 Å². The van der Waals surface area contributed by atoms with Gasteiger partial charge in [-0.05, 0) is 35.8 Å². The van der Waals surface area contributed by atoms with E-state index in [-0.39, 0.29) is 25.4 Å². The summed E-state index contributed by atoms with van der Waals surface area (Å²) in [6.07, 6.45) is 16.2. The van der Waals surface area contributed by atoms with Crippen LogP contribution in [0.2, 0.25) is 0 Å². The van der Waals surface area contributed by atoms with E-state index in [4.69, 9.17) is 9.47 Å². The lowest BCUT2D eigenvalue weighted by Crippen LogP contribution is -2.68. The van der Waals surface area contributed by atoms with Crippen LogP contribution in [0, 0.1) is 35.0 Å². The van der Waals surface area contributed by atoms with Crippen LogP contribution in [0.4, 0.5) is 0 Å². The summed E-state index contributed by atoms with van der Waals surface area (Å²) in [5.41, 5.74) is -3.46. The third-order valence-corrected chi connectivity index (χ3v) is 11.4. The SMILES string of the molecule is CCCCCCCCCCCCCC(=O)OC1(OC(C)=O)C2C(C3C=C(CO)CC4(O)C(=O)C(C)=CC4C3(O)C1C)C2(C)C. The molecule has 4 aliphatic rings. The van der Waals surface area contributed by atoms with E-state index in [0.717, 1.165) is 19.3 Å². The van der Waals surface area contributed by atoms with Crippen molar-refractivity contribution in [3.05, 3.63) is 23.3 Å². The number of fused-ring (bicyclic) bond motifs is 5. The second kappa shape index (κ2) is 13.4. The molecule has 248 valence electrons. The van der Waals surface area contributed by atoms with Gasteiger partial charge in [0.15, 0.2) is 5.78 Å². The van der Waals surface area contributed by atoms with Crippen LogP contribution < -0.4 is 0 Å². The van der Waals surface area contributed by atoms with Crippen LogP contribution in [-0.4, -0.2) is 56.6 Å². The smallest absolute Gasteiger partial charge is 0.309 e. The van der Waals surface area contributed by atoms with Gasteiger partial charge in [-0.25, -0.2) is 0 Å². The molecule has 0 aromatic heterocycles. The molecule has 2 fully saturated rings. The summed E-state index contributed by atoms with van der Waals surface area (Å²) in [5.74, 6) is -6.67. The van der Waals surface area contributed by atoms with Gasteiger partial charge >= 0.3 is 11.9 Å². The van der Waals surface area contributed by atoms with Crippen LogP contribution in [-0.2, 0) is 23.9 Å². The summed E-state index contributed by atoms with van der Waals surface area (Å²) in [6.45, 7) is 10.4. The van der Waals surface area contributed by atoms with Crippen molar-refractivity contribution in [2.24, 2.45) is 35.0 Å². The van der Waals surface area contributed by atoms with Crippen LogP contribution in [0.5, 0.6) is 0 Å². The Balaban J connectivity index is 1.52. The Morgan fingerprint density at radius 3 is 2.05 bits per heavy atom. The van der Waals surface area contributed by atoms with Gasteiger partial charge in [-0.15, -0.1) is 0 Å². The molecular formula is C36H56O8. The number of esters is 2. The molecule has 0 amide bonds. The van der Waals surface area contributed by atoms with Crippen molar-refractivity contribution < 1.29 is 39.2 Å². The monoisotopic (exact) mass is 616 g/mol. The number of ether oxygens (including phenoxy) is 2. The number of unbranched alkanes of at least 4 members (excludes halogenated alkanes) is 10. The molecule has 8 nitrogen and oxygen atoms in total. The number of ketones is 1. The van der Waals surface area contributed by atoms with Gasteiger partial charge in [0.1, 0.15) is 5.60 Å².